The number of ether oxygens (including phenoxy) is 1. The van der Waals surface area contributed by atoms with E-state index in [-0.39, 0.29) is 17.5 Å². The van der Waals surface area contributed by atoms with Gasteiger partial charge in [0.05, 0.1) is 40.1 Å². The maximum absolute atomic E-state index is 14.2. The summed E-state index contributed by atoms with van der Waals surface area (Å²) < 4.78 is 21.6. The lowest BCUT2D eigenvalue weighted by molar-refractivity contribution is -0.384. The SMILES string of the molecule is CC[C@@]1(O)COCc2cn3cc4c(C)c5c([N+](=O)[O-])c(O)c(F)cc5nc4c3cc21. The van der Waals surface area contributed by atoms with Gasteiger partial charge in [-0.25, -0.2) is 9.37 Å². The van der Waals surface area contributed by atoms with Crippen molar-refractivity contribution in [2.75, 3.05) is 6.61 Å². The number of rotatable bonds is 2. The Kier molecular flexibility index (Phi) is 3.80. The van der Waals surface area contributed by atoms with Crippen molar-refractivity contribution < 1.29 is 24.3 Å². The molecule has 1 aliphatic heterocycles. The summed E-state index contributed by atoms with van der Waals surface area (Å²) in [6.07, 6.45) is 4.11. The molecular formula is C21H18FN3O5. The monoisotopic (exact) mass is 411 g/mol. The Labute approximate surface area is 169 Å². The Morgan fingerprint density at radius 1 is 1.40 bits per heavy atom. The number of hydrogen-bond acceptors (Lipinski definition) is 6. The highest BCUT2D eigenvalue weighted by atomic mass is 19.1. The smallest absolute Gasteiger partial charge is 0.323 e. The first-order valence-corrected chi connectivity index (χ1v) is 9.49. The summed E-state index contributed by atoms with van der Waals surface area (Å²) in [6.45, 7) is 4.11. The number of phenols is 1. The van der Waals surface area contributed by atoms with Crippen molar-refractivity contribution in [3.05, 3.63) is 57.1 Å². The number of hydrogen-bond donors (Lipinski definition) is 2. The van der Waals surface area contributed by atoms with Crippen LogP contribution in [0, 0.1) is 22.9 Å². The number of nitrogens with zero attached hydrogens (tertiary/aromatic N) is 3. The molecule has 1 aromatic carbocycles. The highest BCUT2D eigenvalue weighted by Gasteiger charge is 2.34. The van der Waals surface area contributed by atoms with E-state index in [9.17, 15) is 24.7 Å². The number of aromatic hydroxyl groups is 1. The van der Waals surface area contributed by atoms with Crippen molar-refractivity contribution >= 4 is 33.0 Å². The number of halogens is 1. The summed E-state index contributed by atoms with van der Waals surface area (Å²) in [7, 11) is 0. The molecule has 4 heterocycles. The van der Waals surface area contributed by atoms with E-state index in [0.717, 1.165) is 17.2 Å². The third-order valence-corrected chi connectivity index (χ3v) is 6.05. The van der Waals surface area contributed by atoms with Gasteiger partial charge in [0.25, 0.3) is 0 Å². The minimum Gasteiger partial charge on any atom is -0.500 e. The molecule has 2 N–H and O–H groups in total. The number of nitro groups is 1. The lowest BCUT2D eigenvalue weighted by Gasteiger charge is -2.33. The highest BCUT2D eigenvalue weighted by Crippen LogP contribution is 2.42. The molecule has 0 saturated heterocycles. The molecule has 0 amide bonds. The van der Waals surface area contributed by atoms with Crippen LogP contribution in [-0.4, -0.2) is 31.1 Å². The molecule has 9 heteroatoms. The molecule has 0 fully saturated rings. The van der Waals surface area contributed by atoms with Crippen molar-refractivity contribution in [1.29, 1.82) is 0 Å². The standard InChI is InChI=1S/C21H18FN3O5/c1-3-21(27)9-30-8-11-6-24-7-12-10(2)17-15(23-18(12)16(24)4-13(11)21)5-14(22)20(26)19(17)25(28)29/h4-7,26-27H,3,8-9H2,1-2H3/t21-/m1/s1. The summed E-state index contributed by atoms with van der Waals surface area (Å²) in [4.78, 5) is 15.2. The van der Waals surface area contributed by atoms with E-state index < -0.39 is 27.8 Å². The summed E-state index contributed by atoms with van der Waals surface area (Å²) in [5, 5.41) is 33.2. The summed E-state index contributed by atoms with van der Waals surface area (Å²) in [6, 6.07) is 2.86. The third kappa shape index (κ3) is 2.36. The van der Waals surface area contributed by atoms with Crippen LogP contribution in [0.4, 0.5) is 10.1 Å². The van der Waals surface area contributed by atoms with Crippen LogP contribution in [0.3, 0.4) is 0 Å². The van der Waals surface area contributed by atoms with E-state index in [2.05, 4.69) is 4.98 Å². The third-order valence-electron chi connectivity index (χ3n) is 6.05. The Morgan fingerprint density at radius 2 is 2.17 bits per heavy atom. The zero-order chi connectivity index (χ0) is 21.4. The van der Waals surface area contributed by atoms with Gasteiger partial charge in [-0.2, -0.15) is 0 Å². The van der Waals surface area contributed by atoms with E-state index in [1.807, 2.05) is 23.6 Å². The van der Waals surface area contributed by atoms with Crippen molar-refractivity contribution in [2.24, 2.45) is 0 Å². The first kappa shape index (κ1) is 18.7. The van der Waals surface area contributed by atoms with Crippen molar-refractivity contribution in [2.45, 2.75) is 32.5 Å². The van der Waals surface area contributed by atoms with Crippen molar-refractivity contribution in [3.8, 4) is 5.75 Å². The predicted molar refractivity (Wildman–Crippen MR) is 107 cm³/mol. The normalized spacial score (nSPS) is 18.9. The number of pyridine rings is 2. The number of nitro benzene ring substituents is 1. The molecule has 0 aliphatic carbocycles. The second kappa shape index (κ2) is 6.10. The molecule has 3 aromatic heterocycles. The van der Waals surface area contributed by atoms with Gasteiger partial charge in [-0.05, 0) is 30.5 Å². The lowest BCUT2D eigenvalue weighted by Crippen LogP contribution is -2.35. The molecule has 0 bridgehead atoms. The topological polar surface area (TPSA) is 110 Å². The zero-order valence-corrected chi connectivity index (χ0v) is 16.3. The van der Waals surface area contributed by atoms with Crippen LogP contribution in [0.15, 0.2) is 24.5 Å². The van der Waals surface area contributed by atoms with Crippen LogP contribution in [-0.2, 0) is 16.9 Å². The van der Waals surface area contributed by atoms with Gasteiger partial charge in [-0.1, -0.05) is 6.92 Å². The van der Waals surface area contributed by atoms with Crippen LogP contribution in [0.5, 0.6) is 5.75 Å². The fraction of sp³-hybridized carbons (Fsp3) is 0.286. The number of fused-ring (bicyclic) bond motifs is 5. The van der Waals surface area contributed by atoms with Gasteiger partial charge in [0.15, 0.2) is 5.82 Å². The fourth-order valence-electron chi connectivity index (χ4n) is 4.39. The molecule has 154 valence electrons. The molecule has 0 unspecified atom stereocenters. The molecule has 8 nitrogen and oxygen atoms in total. The second-order valence-corrected chi connectivity index (χ2v) is 7.72. The maximum atomic E-state index is 14.2. The van der Waals surface area contributed by atoms with E-state index in [1.54, 1.807) is 13.1 Å². The van der Waals surface area contributed by atoms with Crippen molar-refractivity contribution in [1.82, 2.24) is 9.38 Å². The number of aliphatic hydroxyl groups is 1. The second-order valence-electron chi connectivity index (χ2n) is 7.72. The summed E-state index contributed by atoms with van der Waals surface area (Å²) >= 11 is 0. The van der Waals surface area contributed by atoms with Crippen LogP contribution in [0.1, 0.15) is 30.0 Å². The van der Waals surface area contributed by atoms with Crippen LogP contribution in [0.25, 0.3) is 27.3 Å². The summed E-state index contributed by atoms with van der Waals surface area (Å²) in [5.74, 6) is -2.10. The molecule has 4 aromatic rings. The molecular weight excluding hydrogens is 393 g/mol. The first-order valence-electron chi connectivity index (χ1n) is 9.49. The number of phenolic OH excluding ortho intramolecular Hbond substituents is 1. The quantitative estimate of drug-likeness (QED) is 0.383. The zero-order valence-electron chi connectivity index (χ0n) is 16.3. The highest BCUT2D eigenvalue weighted by molar-refractivity contribution is 6.07. The molecule has 0 spiro atoms. The summed E-state index contributed by atoms with van der Waals surface area (Å²) in [5.41, 5.74) is 1.61. The lowest BCUT2D eigenvalue weighted by atomic mass is 9.87. The van der Waals surface area contributed by atoms with Gasteiger partial charge >= 0.3 is 5.69 Å². The largest absolute Gasteiger partial charge is 0.500 e. The molecule has 30 heavy (non-hydrogen) atoms. The van der Waals surface area contributed by atoms with E-state index in [1.165, 1.54) is 0 Å². The molecule has 0 radical (unpaired) electrons. The van der Waals surface area contributed by atoms with E-state index in [0.29, 0.717) is 35.0 Å². The van der Waals surface area contributed by atoms with Gasteiger partial charge in [-0.15, -0.1) is 0 Å². The van der Waals surface area contributed by atoms with Crippen molar-refractivity contribution in [3.63, 3.8) is 0 Å². The number of aromatic nitrogens is 2. The van der Waals surface area contributed by atoms with Gasteiger partial charge in [0.2, 0.25) is 5.75 Å². The minimum absolute atomic E-state index is 0.0851. The van der Waals surface area contributed by atoms with Crippen LogP contribution >= 0.6 is 0 Å². The van der Waals surface area contributed by atoms with Crippen LogP contribution in [0.2, 0.25) is 0 Å². The Bertz CT molecular complexity index is 1400. The molecule has 1 aliphatic rings. The number of benzene rings is 1. The van der Waals surface area contributed by atoms with Gasteiger partial charge < -0.3 is 19.4 Å². The number of aryl methyl sites for hydroxylation is 1. The predicted octanol–water partition coefficient (Wildman–Crippen LogP) is 3.83. The Morgan fingerprint density at radius 3 is 2.87 bits per heavy atom. The molecule has 0 saturated carbocycles. The first-order chi connectivity index (χ1) is 14.2. The van der Waals surface area contributed by atoms with Gasteiger partial charge in [-0.3, -0.25) is 10.1 Å². The fourth-order valence-corrected chi connectivity index (χ4v) is 4.39. The Balaban J connectivity index is 1.92. The average Bonchev–Trinajstić information content (AvgIpc) is 3.06. The average molecular weight is 411 g/mol. The Hall–Kier alpha value is -3.30. The van der Waals surface area contributed by atoms with E-state index >= 15 is 0 Å². The van der Waals surface area contributed by atoms with Crippen LogP contribution < -0.4 is 0 Å². The van der Waals surface area contributed by atoms with E-state index in [4.69, 9.17) is 4.74 Å². The molecule has 1 atom stereocenters. The molecule has 5 rings (SSSR count). The van der Waals surface area contributed by atoms with Gasteiger partial charge in [0, 0.05) is 29.4 Å². The minimum atomic E-state index is -1.12. The van der Waals surface area contributed by atoms with Gasteiger partial charge in [0.1, 0.15) is 5.60 Å². The maximum Gasteiger partial charge on any atom is 0.323 e.